The van der Waals surface area contributed by atoms with Crippen molar-refractivity contribution in [3.63, 3.8) is 0 Å². The summed E-state index contributed by atoms with van der Waals surface area (Å²) in [5.74, 6) is 0.773. The van der Waals surface area contributed by atoms with E-state index in [1.807, 2.05) is 36.4 Å². The molecule has 1 saturated heterocycles. The SMILES string of the molecule is FC(F)(F)CCSc1ccc2nc(N3CCOC(c4ccccc4)C3)[nH]c2c1. The Morgan fingerprint density at radius 1 is 1.18 bits per heavy atom. The molecule has 1 N–H and O–H groups in total. The first kappa shape index (κ1) is 19.1. The highest BCUT2D eigenvalue weighted by Crippen LogP contribution is 2.30. The van der Waals surface area contributed by atoms with Crippen LogP contribution in [0.25, 0.3) is 11.0 Å². The van der Waals surface area contributed by atoms with Gasteiger partial charge in [0, 0.05) is 17.2 Å². The van der Waals surface area contributed by atoms with Crippen molar-refractivity contribution in [2.75, 3.05) is 30.3 Å². The Kier molecular flexibility index (Phi) is 5.50. The zero-order valence-corrected chi connectivity index (χ0v) is 15.9. The average Bonchev–Trinajstić information content (AvgIpc) is 3.11. The van der Waals surface area contributed by atoms with E-state index in [1.165, 1.54) is 11.8 Å². The van der Waals surface area contributed by atoms with Crippen molar-refractivity contribution >= 4 is 28.7 Å². The predicted molar refractivity (Wildman–Crippen MR) is 105 cm³/mol. The lowest BCUT2D eigenvalue weighted by Gasteiger charge is -2.32. The molecule has 1 unspecified atom stereocenters. The maximum absolute atomic E-state index is 12.3. The van der Waals surface area contributed by atoms with Crippen LogP contribution in [0, 0.1) is 0 Å². The number of halogens is 3. The molecule has 4 rings (SSSR count). The number of alkyl halides is 3. The molecule has 0 spiro atoms. The van der Waals surface area contributed by atoms with Gasteiger partial charge in [0.15, 0.2) is 0 Å². The summed E-state index contributed by atoms with van der Waals surface area (Å²) < 4.78 is 42.9. The fraction of sp³-hybridized carbons (Fsp3) is 0.350. The molecule has 8 heteroatoms. The van der Waals surface area contributed by atoms with E-state index in [0.717, 1.165) is 34.0 Å². The number of benzene rings is 2. The van der Waals surface area contributed by atoms with Gasteiger partial charge in [0.05, 0.1) is 30.6 Å². The van der Waals surface area contributed by atoms with Crippen molar-refractivity contribution in [3.05, 3.63) is 54.1 Å². The largest absolute Gasteiger partial charge is 0.389 e. The van der Waals surface area contributed by atoms with Crippen LogP contribution in [0.3, 0.4) is 0 Å². The number of morpholine rings is 1. The highest BCUT2D eigenvalue weighted by molar-refractivity contribution is 7.99. The quantitative estimate of drug-likeness (QED) is 0.592. The number of nitrogens with zero attached hydrogens (tertiary/aromatic N) is 2. The third-order valence-corrected chi connectivity index (χ3v) is 5.63. The zero-order valence-electron chi connectivity index (χ0n) is 15.1. The van der Waals surface area contributed by atoms with Gasteiger partial charge in [0.1, 0.15) is 6.10 Å². The molecule has 0 amide bonds. The molecule has 0 radical (unpaired) electrons. The molecule has 148 valence electrons. The lowest BCUT2D eigenvalue weighted by molar-refractivity contribution is -0.129. The van der Waals surface area contributed by atoms with Crippen molar-refractivity contribution in [2.24, 2.45) is 0 Å². The van der Waals surface area contributed by atoms with E-state index in [4.69, 9.17) is 4.74 Å². The predicted octanol–water partition coefficient (Wildman–Crippen LogP) is 5.19. The molecule has 1 aromatic heterocycles. The molecule has 1 aliphatic heterocycles. The molecule has 4 nitrogen and oxygen atoms in total. The second-order valence-electron chi connectivity index (χ2n) is 6.67. The van der Waals surface area contributed by atoms with Gasteiger partial charge >= 0.3 is 6.18 Å². The van der Waals surface area contributed by atoms with Crippen LogP contribution in [0.4, 0.5) is 19.1 Å². The number of nitrogens with one attached hydrogen (secondary N) is 1. The van der Waals surface area contributed by atoms with Crippen molar-refractivity contribution in [3.8, 4) is 0 Å². The molecule has 3 aromatic rings. The van der Waals surface area contributed by atoms with Gasteiger partial charge in [-0.15, -0.1) is 11.8 Å². The summed E-state index contributed by atoms with van der Waals surface area (Å²) in [4.78, 5) is 10.9. The Hall–Kier alpha value is -2.19. The fourth-order valence-electron chi connectivity index (χ4n) is 3.21. The van der Waals surface area contributed by atoms with Gasteiger partial charge in [0.2, 0.25) is 5.95 Å². The third-order valence-electron chi connectivity index (χ3n) is 4.63. The van der Waals surface area contributed by atoms with E-state index in [2.05, 4.69) is 27.0 Å². The lowest BCUT2D eigenvalue weighted by Crippen LogP contribution is -2.39. The van der Waals surface area contributed by atoms with Gasteiger partial charge < -0.3 is 14.6 Å². The first-order chi connectivity index (χ1) is 13.5. The minimum atomic E-state index is -4.12. The highest BCUT2D eigenvalue weighted by Gasteiger charge is 2.26. The normalized spacial score (nSPS) is 18.0. The van der Waals surface area contributed by atoms with Crippen LogP contribution in [0.15, 0.2) is 53.4 Å². The number of aromatic nitrogens is 2. The summed E-state index contributed by atoms with van der Waals surface area (Å²) >= 11 is 1.20. The Morgan fingerprint density at radius 2 is 2.00 bits per heavy atom. The zero-order chi connectivity index (χ0) is 19.6. The first-order valence-electron chi connectivity index (χ1n) is 9.09. The monoisotopic (exact) mass is 407 g/mol. The van der Waals surface area contributed by atoms with Crippen molar-refractivity contribution in [1.29, 1.82) is 0 Å². The number of rotatable bonds is 5. The van der Waals surface area contributed by atoms with Gasteiger partial charge in [-0.1, -0.05) is 30.3 Å². The molecule has 2 aromatic carbocycles. The molecule has 0 aliphatic carbocycles. The number of hydrogen-bond donors (Lipinski definition) is 1. The second-order valence-corrected chi connectivity index (χ2v) is 7.84. The number of anilines is 1. The highest BCUT2D eigenvalue weighted by atomic mass is 32.2. The number of ether oxygens (including phenoxy) is 1. The van der Waals surface area contributed by atoms with Crippen molar-refractivity contribution < 1.29 is 17.9 Å². The van der Waals surface area contributed by atoms with Crippen molar-refractivity contribution in [2.45, 2.75) is 23.6 Å². The van der Waals surface area contributed by atoms with E-state index in [0.29, 0.717) is 13.2 Å². The van der Waals surface area contributed by atoms with Crippen LogP contribution in [0.5, 0.6) is 0 Å². The number of aromatic amines is 1. The summed E-state index contributed by atoms with van der Waals surface area (Å²) in [5.41, 5.74) is 2.76. The molecule has 0 bridgehead atoms. The maximum Gasteiger partial charge on any atom is 0.389 e. The molecular weight excluding hydrogens is 387 g/mol. The van der Waals surface area contributed by atoms with E-state index < -0.39 is 12.6 Å². The van der Waals surface area contributed by atoms with Crippen LogP contribution in [0.1, 0.15) is 18.1 Å². The van der Waals surface area contributed by atoms with Gasteiger partial charge in [-0.2, -0.15) is 13.2 Å². The average molecular weight is 407 g/mol. The second kappa shape index (κ2) is 8.05. The van der Waals surface area contributed by atoms with Crippen LogP contribution in [-0.2, 0) is 4.74 Å². The molecule has 0 saturated carbocycles. The van der Waals surface area contributed by atoms with Crippen LogP contribution >= 0.6 is 11.8 Å². The molecule has 1 atom stereocenters. The van der Waals surface area contributed by atoms with Gasteiger partial charge in [-0.05, 0) is 23.8 Å². The summed E-state index contributed by atoms with van der Waals surface area (Å²) in [6, 6.07) is 15.6. The fourth-order valence-corrected chi connectivity index (χ4v) is 4.15. The van der Waals surface area contributed by atoms with Crippen LogP contribution < -0.4 is 4.90 Å². The van der Waals surface area contributed by atoms with Gasteiger partial charge in [-0.25, -0.2) is 4.98 Å². The summed E-state index contributed by atoms with van der Waals surface area (Å²) in [7, 11) is 0. The number of fused-ring (bicyclic) bond motifs is 1. The maximum atomic E-state index is 12.3. The van der Waals surface area contributed by atoms with Crippen LogP contribution in [-0.4, -0.2) is 41.6 Å². The van der Waals surface area contributed by atoms with Gasteiger partial charge in [0.25, 0.3) is 0 Å². The lowest BCUT2D eigenvalue weighted by atomic mass is 10.1. The summed E-state index contributed by atoms with van der Waals surface area (Å²) in [6.07, 6.45) is -4.93. The molecular formula is C20H20F3N3OS. The minimum Gasteiger partial charge on any atom is -0.370 e. The smallest absolute Gasteiger partial charge is 0.370 e. The van der Waals surface area contributed by atoms with Gasteiger partial charge in [-0.3, -0.25) is 0 Å². The third kappa shape index (κ3) is 4.62. The topological polar surface area (TPSA) is 41.2 Å². The minimum absolute atomic E-state index is 0.0121. The Bertz CT molecular complexity index is 929. The Balaban J connectivity index is 1.46. The van der Waals surface area contributed by atoms with E-state index >= 15 is 0 Å². The van der Waals surface area contributed by atoms with Crippen LogP contribution in [0.2, 0.25) is 0 Å². The standard InChI is InChI=1S/C20H20F3N3OS/c21-20(22,23)8-11-28-15-6-7-16-17(12-15)25-19(24-16)26-9-10-27-18(13-26)14-4-2-1-3-5-14/h1-7,12,18H,8-11,13H2,(H,24,25). The number of thioether (sulfide) groups is 1. The Labute approximate surface area is 165 Å². The van der Waals surface area contributed by atoms with Crippen molar-refractivity contribution in [1.82, 2.24) is 9.97 Å². The van der Waals surface area contributed by atoms with E-state index in [-0.39, 0.29) is 11.9 Å². The number of H-pyrrole nitrogens is 1. The molecule has 28 heavy (non-hydrogen) atoms. The number of imidazole rings is 1. The summed E-state index contributed by atoms with van der Waals surface area (Å²) in [6.45, 7) is 2.03. The van der Waals surface area contributed by atoms with E-state index in [1.54, 1.807) is 0 Å². The molecule has 1 aliphatic rings. The number of hydrogen-bond acceptors (Lipinski definition) is 4. The molecule has 1 fully saturated rings. The summed E-state index contributed by atoms with van der Waals surface area (Å²) in [5, 5.41) is 0. The molecule has 2 heterocycles. The first-order valence-corrected chi connectivity index (χ1v) is 10.1. The Morgan fingerprint density at radius 3 is 2.79 bits per heavy atom. The van der Waals surface area contributed by atoms with E-state index in [9.17, 15) is 13.2 Å².